The van der Waals surface area contributed by atoms with Crippen LogP contribution in [0.25, 0.3) is 0 Å². The molecule has 0 radical (unpaired) electrons. The van der Waals surface area contributed by atoms with E-state index in [2.05, 4.69) is 15.9 Å². The average molecular weight is 364 g/mol. The first kappa shape index (κ1) is 15.8. The van der Waals surface area contributed by atoms with E-state index in [9.17, 15) is 8.42 Å². The van der Waals surface area contributed by atoms with Gasteiger partial charge in [0.2, 0.25) is 10.0 Å². The zero-order valence-corrected chi connectivity index (χ0v) is 13.9. The Balaban J connectivity index is 2.29. The van der Waals surface area contributed by atoms with Crippen molar-refractivity contribution in [3.63, 3.8) is 0 Å². The van der Waals surface area contributed by atoms with Gasteiger partial charge in [0.05, 0.1) is 13.2 Å². The Kier molecular flexibility index (Phi) is 5.06. The molecule has 0 N–H and O–H groups in total. The Hall–Kier alpha value is -0.630. The standard InChI is InChI=1S/C13H18BrNO4S/c1-18-11-5-7-15(8-6-11)20(16,17)13-9-10(14)3-4-12(13)19-2/h3-4,9,11H,5-8H2,1-2H3. The van der Waals surface area contributed by atoms with Gasteiger partial charge in [-0.15, -0.1) is 0 Å². The topological polar surface area (TPSA) is 55.8 Å². The summed E-state index contributed by atoms with van der Waals surface area (Å²) in [4.78, 5) is 0.199. The summed E-state index contributed by atoms with van der Waals surface area (Å²) in [7, 11) is -0.406. The highest BCUT2D eigenvalue weighted by Crippen LogP contribution is 2.31. The highest BCUT2D eigenvalue weighted by Gasteiger charge is 2.31. The molecule has 0 aromatic heterocycles. The van der Waals surface area contributed by atoms with Crippen LogP contribution < -0.4 is 4.74 Å². The van der Waals surface area contributed by atoms with E-state index in [4.69, 9.17) is 9.47 Å². The Labute approximate surface area is 128 Å². The predicted molar refractivity (Wildman–Crippen MR) is 79.5 cm³/mol. The maximum Gasteiger partial charge on any atom is 0.246 e. The second kappa shape index (κ2) is 6.43. The minimum Gasteiger partial charge on any atom is -0.495 e. The molecule has 0 spiro atoms. The molecule has 1 aromatic rings. The number of halogens is 1. The molecule has 20 heavy (non-hydrogen) atoms. The summed E-state index contributed by atoms with van der Waals surface area (Å²) >= 11 is 3.30. The molecule has 0 bridgehead atoms. The number of nitrogens with zero attached hydrogens (tertiary/aromatic N) is 1. The van der Waals surface area contributed by atoms with E-state index in [1.807, 2.05) is 0 Å². The summed E-state index contributed by atoms with van der Waals surface area (Å²) in [6.45, 7) is 0.938. The second-order valence-electron chi connectivity index (χ2n) is 4.63. The molecular formula is C13H18BrNO4S. The van der Waals surface area contributed by atoms with E-state index in [1.54, 1.807) is 25.3 Å². The lowest BCUT2D eigenvalue weighted by atomic mass is 10.1. The summed E-state index contributed by atoms with van der Waals surface area (Å²) in [5.41, 5.74) is 0. The molecule has 1 saturated heterocycles. The highest BCUT2D eigenvalue weighted by molar-refractivity contribution is 9.10. The van der Waals surface area contributed by atoms with Crippen LogP contribution in [0.3, 0.4) is 0 Å². The second-order valence-corrected chi connectivity index (χ2v) is 7.46. The number of hydrogen-bond donors (Lipinski definition) is 0. The zero-order chi connectivity index (χ0) is 14.8. The van der Waals surface area contributed by atoms with Crippen LogP contribution in [0.1, 0.15) is 12.8 Å². The van der Waals surface area contributed by atoms with E-state index in [-0.39, 0.29) is 11.0 Å². The van der Waals surface area contributed by atoms with Gasteiger partial charge >= 0.3 is 0 Å². The molecule has 0 amide bonds. The minimum absolute atomic E-state index is 0.144. The number of ether oxygens (including phenoxy) is 2. The summed E-state index contributed by atoms with van der Waals surface area (Å²) in [6, 6.07) is 4.99. The lowest BCUT2D eigenvalue weighted by Crippen LogP contribution is -2.40. The normalized spacial score (nSPS) is 18.1. The molecule has 0 saturated carbocycles. The van der Waals surface area contributed by atoms with Crippen LogP contribution in [0, 0.1) is 0 Å². The summed E-state index contributed by atoms with van der Waals surface area (Å²) in [6.07, 6.45) is 1.57. The smallest absolute Gasteiger partial charge is 0.246 e. The van der Waals surface area contributed by atoms with Crippen molar-refractivity contribution in [1.29, 1.82) is 0 Å². The highest BCUT2D eigenvalue weighted by atomic mass is 79.9. The van der Waals surface area contributed by atoms with Crippen molar-refractivity contribution in [1.82, 2.24) is 4.31 Å². The lowest BCUT2D eigenvalue weighted by molar-refractivity contribution is 0.0604. The Morgan fingerprint density at radius 3 is 2.45 bits per heavy atom. The van der Waals surface area contributed by atoms with Gasteiger partial charge < -0.3 is 9.47 Å². The van der Waals surface area contributed by atoms with E-state index >= 15 is 0 Å². The summed E-state index contributed by atoms with van der Waals surface area (Å²) in [5, 5.41) is 0. The first-order chi connectivity index (χ1) is 9.48. The van der Waals surface area contributed by atoms with Crippen LogP contribution in [0.5, 0.6) is 5.75 Å². The fourth-order valence-corrected chi connectivity index (χ4v) is 4.46. The van der Waals surface area contributed by atoms with Crippen LogP contribution >= 0.6 is 15.9 Å². The molecule has 0 atom stereocenters. The van der Waals surface area contributed by atoms with E-state index in [0.717, 1.165) is 0 Å². The van der Waals surface area contributed by atoms with Crippen LogP contribution in [0.15, 0.2) is 27.6 Å². The fourth-order valence-electron chi connectivity index (χ4n) is 2.30. The molecular weight excluding hydrogens is 346 g/mol. The maximum absolute atomic E-state index is 12.7. The first-order valence-corrected chi connectivity index (χ1v) is 8.59. The van der Waals surface area contributed by atoms with Crippen molar-refractivity contribution in [3.05, 3.63) is 22.7 Å². The van der Waals surface area contributed by atoms with Crippen LogP contribution in [0.2, 0.25) is 0 Å². The van der Waals surface area contributed by atoms with Crippen molar-refractivity contribution in [2.24, 2.45) is 0 Å². The molecule has 1 aliphatic rings. The maximum atomic E-state index is 12.7. The van der Waals surface area contributed by atoms with Gasteiger partial charge in [0, 0.05) is 24.7 Å². The quantitative estimate of drug-likeness (QED) is 0.823. The van der Waals surface area contributed by atoms with E-state index in [1.165, 1.54) is 11.4 Å². The number of methoxy groups -OCH3 is 2. The number of sulfonamides is 1. The molecule has 0 aliphatic carbocycles. The van der Waals surface area contributed by atoms with Crippen LogP contribution in [0.4, 0.5) is 0 Å². The van der Waals surface area contributed by atoms with Gasteiger partial charge in [-0.1, -0.05) is 15.9 Å². The monoisotopic (exact) mass is 363 g/mol. The summed E-state index contributed by atoms with van der Waals surface area (Å²) in [5.74, 6) is 0.363. The molecule has 7 heteroatoms. The largest absolute Gasteiger partial charge is 0.495 e. The van der Waals surface area contributed by atoms with Gasteiger partial charge in [-0.3, -0.25) is 0 Å². The van der Waals surface area contributed by atoms with Gasteiger partial charge in [-0.25, -0.2) is 8.42 Å². The number of hydrogen-bond acceptors (Lipinski definition) is 4. The number of benzene rings is 1. The van der Waals surface area contributed by atoms with Crippen molar-refractivity contribution in [2.45, 2.75) is 23.8 Å². The van der Waals surface area contributed by atoms with Gasteiger partial charge in [0.25, 0.3) is 0 Å². The molecule has 1 heterocycles. The Morgan fingerprint density at radius 1 is 1.25 bits per heavy atom. The third-order valence-corrected chi connectivity index (χ3v) is 5.89. The molecule has 112 valence electrons. The first-order valence-electron chi connectivity index (χ1n) is 6.35. The fraction of sp³-hybridized carbons (Fsp3) is 0.538. The SMILES string of the molecule is COc1ccc(Br)cc1S(=O)(=O)N1CCC(OC)CC1. The number of rotatable bonds is 4. The van der Waals surface area contributed by atoms with Gasteiger partial charge in [-0.2, -0.15) is 4.31 Å². The van der Waals surface area contributed by atoms with Crippen LogP contribution in [-0.4, -0.2) is 46.1 Å². The molecule has 0 unspecified atom stereocenters. The molecule has 5 nitrogen and oxygen atoms in total. The summed E-state index contributed by atoms with van der Waals surface area (Å²) < 4.78 is 38.0. The lowest BCUT2D eigenvalue weighted by Gasteiger charge is -2.30. The Morgan fingerprint density at radius 2 is 1.90 bits per heavy atom. The average Bonchev–Trinajstić information content (AvgIpc) is 2.47. The van der Waals surface area contributed by atoms with Crippen molar-refractivity contribution < 1.29 is 17.9 Å². The van der Waals surface area contributed by atoms with Crippen molar-refractivity contribution >= 4 is 26.0 Å². The molecule has 1 fully saturated rings. The molecule has 1 aromatic carbocycles. The van der Waals surface area contributed by atoms with E-state index in [0.29, 0.717) is 36.2 Å². The predicted octanol–water partition coefficient (Wildman–Crippen LogP) is 2.26. The van der Waals surface area contributed by atoms with Gasteiger partial charge in [-0.05, 0) is 31.0 Å². The minimum atomic E-state index is -3.54. The van der Waals surface area contributed by atoms with Gasteiger partial charge in [0.15, 0.2) is 0 Å². The van der Waals surface area contributed by atoms with Crippen molar-refractivity contribution in [3.8, 4) is 5.75 Å². The molecule has 1 aliphatic heterocycles. The van der Waals surface area contributed by atoms with Crippen molar-refractivity contribution in [2.75, 3.05) is 27.3 Å². The Bertz CT molecular complexity index is 568. The third-order valence-electron chi connectivity index (χ3n) is 3.48. The van der Waals surface area contributed by atoms with Crippen LogP contribution in [-0.2, 0) is 14.8 Å². The zero-order valence-electron chi connectivity index (χ0n) is 11.5. The van der Waals surface area contributed by atoms with E-state index < -0.39 is 10.0 Å². The number of piperidine rings is 1. The third kappa shape index (κ3) is 3.16. The van der Waals surface area contributed by atoms with Gasteiger partial charge in [0.1, 0.15) is 10.6 Å². The molecule has 2 rings (SSSR count).